The summed E-state index contributed by atoms with van der Waals surface area (Å²) in [6, 6.07) is 2.58. The maximum atomic E-state index is 12.5. The molecule has 2 rings (SSSR count). The summed E-state index contributed by atoms with van der Waals surface area (Å²) in [6.45, 7) is 0.0568. The summed E-state index contributed by atoms with van der Waals surface area (Å²) in [5.74, 6) is 0. The molecule has 0 aliphatic carbocycles. The van der Waals surface area contributed by atoms with E-state index in [1.54, 1.807) is 0 Å². The fraction of sp³-hybridized carbons (Fsp3) is 0.455. The average Bonchev–Trinajstić information content (AvgIpc) is 2.38. The van der Waals surface area contributed by atoms with Gasteiger partial charge in [0.25, 0.3) is 0 Å². The number of fused-ring (bicyclic) bond motifs is 1. The minimum absolute atomic E-state index is 0.0250. The van der Waals surface area contributed by atoms with E-state index >= 15 is 0 Å². The van der Waals surface area contributed by atoms with Crippen molar-refractivity contribution in [1.82, 2.24) is 0 Å². The maximum Gasteiger partial charge on any atom is 0.416 e. The molecule has 1 heterocycles. The fourth-order valence-electron chi connectivity index (χ4n) is 1.83. The first-order valence-electron chi connectivity index (χ1n) is 5.11. The lowest BCUT2D eigenvalue weighted by atomic mass is 9.96. The number of benzene rings is 1. The highest BCUT2D eigenvalue weighted by molar-refractivity contribution is 5.36. The topological polar surface area (TPSA) is 55.5 Å². The average molecular weight is 247 g/mol. The van der Waals surface area contributed by atoms with Crippen molar-refractivity contribution in [1.29, 1.82) is 0 Å². The smallest absolute Gasteiger partial charge is 0.389 e. The molecule has 0 saturated heterocycles. The van der Waals surface area contributed by atoms with E-state index in [4.69, 9.17) is 10.5 Å². The molecule has 0 radical (unpaired) electrons. The van der Waals surface area contributed by atoms with Gasteiger partial charge >= 0.3 is 6.18 Å². The van der Waals surface area contributed by atoms with Crippen LogP contribution in [0.2, 0.25) is 0 Å². The predicted molar refractivity (Wildman–Crippen MR) is 54.0 cm³/mol. The SMILES string of the molecule is N[C@H]1c2ccc(C(F)(F)F)cc2COC[C@H]1O. The fourth-order valence-corrected chi connectivity index (χ4v) is 1.83. The number of hydrogen-bond acceptors (Lipinski definition) is 3. The number of nitrogens with two attached hydrogens (primary N) is 1. The molecule has 1 aliphatic rings. The summed E-state index contributed by atoms with van der Waals surface area (Å²) in [5.41, 5.74) is 5.89. The molecule has 0 fully saturated rings. The number of aliphatic hydroxyl groups excluding tert-OH is 1. The number of halogens is 3. The van der Waals surface area contributed by atoms with Gasteiger partial charge in [0, 0.05) is 0 Å². The zero-order valence-electron chi connectivity index (χ0n) is 8.87. The van der Waals surface area contributed by atoms with Gasteiger partial charge in [0.05, 0.1) is 30.9 Å². The highest BCUT2D eigenvalue weighted by Gasteiger charge is 2.32. The van der Waals surface area contributed by atoms with Gasteiger partial charge in [-0.05, 0) is 23.3 Å². The first-order valence-corrected chi connectivity index (χ1v) is 5.11. The van der Waals surface area contributed by atoms with E-state index in [1.165, 1.54) is 6.07 Å². The monoisotopic (exact) mass is 247 g/mol. The molecule has 6 heteroatoms. The highest BCUT2D eigenvalue weighted by atomic mass is 19.4. The standard InChI is InChI=1S/C11H12F3NO2/c12-11(13,14)7-1-2-8-6(3-7)4-17-5-9(16)10(8)15/h1-3,9-10,16H,4-5,15H2/t9-,10+/m1/s1. The number of aliphatic hydroxyl groups is 1. The first-order chi connectivity index (χ1) is 7.89. The molecule has 0 aromatic heterocycles. The van der Waals surface area contributed by atoms with Crippen LogP contribution in [0.1, 0.15) is 22.7 Å². The van der Waals surface area contributed by atoms with Crippen LogP contribution in [-0.2, 0) is 17.5 Å². The second-order valence-electron chi connectivity index (χ2n) is 4.02. The molecule has 1 aromatic carbocycles. The molecular formula is C11H12F3NO2. The highest BCUT2D eigenvalue weighted by Crippen LogP contribution is 2.33. The van der Waals surface area contributed by atoms with Crippen LogP contribution in [0.4, 0.5) is 13.2 Å². The van der Waals surface area contributed by atoms with Crippen molar-refractivity contribution < 1.29 is 23.0 Å². The van der Waals surface area contributed by atoms with Crippen molar-refractivity contribution in [2.24, 2.45) is 5.73 Å². The second-order valence-corrected chi connectivity index (χ2v) is 4.02. The largest absolute Gasteiger partial charge is 0.416 e. The molecule has 2 atom stereocenters. The van der Waals surface area contributed by atoms with Gasteiger partial charge in [-0.15, -0.1) is 0 Å². The summed E-state index contributed by atoms with van der Waals surface area (Å²) >= 11 is 0. The summed E-state index contributed by atoms with van der Waals surface area (Å²) in [5, 5.41) is 9.56. The third kappa shape index (κ3) is 2.43. The lowest BCUT2D eigenvalue weighted by molar-refractivity contribution is -0.137. The van der Waals surface area contributed by atoms with Crippen molar-refractivity contribution in [3.8, 4) is 0 Å². The summed E-state index contributed by atoms with van der Waals surface area (Å²) in [6.07, 6.45) is -5.28. The third-order valence-electron chi connectivity index (χ3n) is 2.79. The van der Waals surface area contributed by atoms with E-state index < -0.39 is 23.9 Å². The minimum Gasteiger partial charge on any atom is -0.389 e. The molecule has 3 nitrogen and oxygen atoms in total. The predicted octanol–water partition coefficient (Wildman–Crippen LogP) is 1.60. The number of hydrogen-bond donors (Lipinski definition) is 2. The molecule has 1 aromatic rings. The molecule has 94 valence electrons. The zero-order chi connectivity index (χ0) is 12.6. The van der Waals surface area contributed by atoms with Crippen LogP contribution in [-0.4, -0.2) is 17.8 Å². The van der Waals surface area contributed by atoms with Crippen LogP contribution in [0.5, 0.6) is 0 Å². The summed E-state index contributed by atoms with van der Waals surface area (Å²) < 4.78 is 42.6. The van der Waals surface area contributed by atoms with Gasteiger partial charge in [-0.3, -0.25) is 0 Å². The molecule has 0 amide bonds. The molecule has 17 heavy (non-hydrogen) atoms. The van der Waals surface area contributed by atoms with E-state index in [-0.39, 0.29) is 13.2 Å². The Labute approximate surface area is 96.0 Å². The van der Waals surface area contributed by atoms with E-state index in [0.29, 0.717) is 11.1 Å². The Kier molecular flexibility index (Phi) is 3.11. The molecule has 1 aliphatic heterocycles. The van der Waals surface area contributed by atoms with Crippen LogP contribution in [0, 0.1) is 0 Å². The third-order valence-corrected chi connectivity index (χ3v) is 2.79. The van der Waals surface area contributed by atoms with Crippen LogP contribution in [0.3, 0.4) is 0 Å². The van der Waals surface area contributed by atoms with Gasteiger partial charge in [0.2, 0.25) is 0 Å². The summed E-state index contributed by atoms with van der Waals surface area (Å²) in [4.78, 5) is 0. The van der Waals surface area contributed by atoms with Crippen LogP contribution >= 0.6 is 0 Å². The van der Waals surface area contributed by atoms with Crippen molar-refractivity contribution in [3.63, 3.8) is 0 Å². The lowest BCUT2D eigenvalue weighted by Gasteiger charge is -2.17. The van der Waals surface area contributed by atoms with Gasteiger partial charge in [0.1, 0.15) is 0 Å². The van der Waals surface area contributed by atoms with Gasteiger partial charge in [-0.25, -0.2) is 0 Å². The molecule has 0 bridgehead atoms. The van der Waals surface area contributed by atoms with Crippen LogP contribution < -0.4 is 5.73 Å². The Hall–Kier alpha value is -1.11. The van der Waals surface area contributed by atoms with Gasteiger partial charge < -0.3 is 15.6 Å². The minimum atomic E-state index is -4.38. The second kappa shape index (κ2) is 4.29. The molecule has 0 unspecified atom stereocenters. The number of alkyl halides is 3. The molecule has 3 N–H and O–H groups in total. The first kappa shape index (κ1) is 12.3. The summed E-state index contributed by atoms with van der Waals surface area (Å²) in [7, 11) is 0. The van der Waals surface area contributed by atoms with Crippen molar-refractivity contribution in [2.75, 3.05) is 6.61 Å². The van der Waals surface area contributed by atoms with Crippen molar-refractivity contribution >= 4 is 0 Å². The normalized spacial score (nSPS) is 25.2. The Balaban J connectivity index is 2.43. The lowest BCUT2D eigenvalue weighted by Crippen LogP contribution is -2.28. The Morgan fingerprint density at radius 3 is 2.71 bits per heavy atom. The van der Waals surface area contributed by atoms with Crippen molar-refractivity contribution in [3.05, 3.63) is 34.9 Å². The zero-order valence-corrected chi connectivity index (χ0v) is 8.87. The molecule has 0 spiro atoms. The van der Waals surface area contributed by atoms with Crippen LogP contribution in [0.15, 0.2) is 18.2 Å². The number of ether oxygens (including phenoxy) is 1. The van der Waals surface area contributed by atoms with Crippen molar-refractivity contribution in [2.45, 2.75) is 24.9 Å². The van der Waals surface area contributed by atoms with Gasteiger partial charge in [-0.2, -0.15) is 13.2 Å². The van der Waals surface area contributed by atoms with Gasteiger partial charge in [-0.1, -0.05) is 6.07 Å². The van der Waals surface area contributed by atoms with Crippen LogP contribution in [0.25, 0.3) is 0 Å². The molecule has 0 saturated carbocycles. The Morgan fingerprint density at radius 2 is 2.06 bits per heavy atom. The molecular weight excluding hydrogens is 235 g/mol. The van der Waals surface area contributed by atoms with Gasteiger partial charge in [0.15, 0.2) is 0 Å². The van der Waals surface area contributed by atoms with E-state index in [2.05, 4.69) is 0 Å². The van der Waals surface area contributed by atoms with E-state index in [0.717, 1.165) is 12.1 Å². The Bertz CT molecular complexity index is 420. The Morgan fingerprint density at radius 1 is 1.35 bits per heavy atom. The van der Waals surface area contributed by atoms with E-state index in [9.17, 15) is 18.3 Å². The maximum absolute atomic E-state index is 12.5. The number of rotatable bonds is 0. The van der Waals surface area contributed by atoms with E-state index in [1.807, 2.05) is 0 Å². The quantitative estimate of drug-likeness (QED) is 0.732.